The molecular formula is C18H21N3O7S. The van der Waals surface area contributed by atoms with E-state index in [0.29, 0.717) is 17.2 Å². The number of aromatic nitrogens is 1. The molecular weight excluding hydrogens is 402 g/mol. The van der Waals surface area contributed by atoms with E-state index in [-0.39, 0.29) is 24.8 Å². The van der Waals surface area contributed by atoms with Gasteiger partial charge in [0.05, 0.1) is 6.54 Å². The summed E-state index contributed by atoms with van der Waals surface area (Å²) in [5.74, 6) is 1.11. The molecule has 2 N–H and O–H groups in total. The Balaban J connectivity index is 1.43. The van der Waals surface area contributed by atoms with Crippen molar-refractivity contribution in [3.63, 3.8) is 0 Å². The van der Waals surface area contributed by atoms with Crippen LogP contribution in [0, 0.1) is 0 Å². The van der Waals surface area contributed by atoms with E-state index in [0.717, 1.165) is 4.31 Å². The highest BCUT2D eigenvalue weighted by Gasteiger charge is 2.23. The summed E-state index contributed by atoms with van der Waals surface area (Å²) >= 11 is 0. The van der Waals surface area contributed by atoms with Crippen molar-refractivity contribution in [2.45, 2.75) is 11.0 Å². The van der Waals surface area contributed by atoms with Crippen LogP contribution < -0.4 is 19.5 Å². The summed E-state index contributed by atoms with van der Waals surface area (Å²) in [6, 6.07) is 7.92. The summed E-state index contributed by atoms with van der Waals surface area (Å²) in [6.45, 7) is -0.404. The number of hydrogen-bond donors (Lipinski definition) is 2. The molecule has 1 atom stereocenters. The van der Waals surface area contributed by atoms with Gasteiger partial charge in [0.1, 0.15) is 23.4 Å². The standard InChI is InChI=1S/C18H21N3O7S/c1-21(29(24,25)15-3-2-6-19-9-15)10-18(23)20-8-13(22)11-26-14-4-5-16-17(7-14)28-12-27-16/h2-7,9,13,22H,8,10-12H2,1H3,(H,20,23). The fourth-order valence-corrected chi connectivity index (χ4v) is 3.56. The van der Waals surface area contributed by atoms with Crippen LogP contribution in [-0.4, -0.2) is 68.4 Å². The molecule has 0 saturated heterocycles. The SMILES string of the molecule is CN(CC(=O)NCC(O)COc1ccc2c(c1)OCO2)S(=O)(=O)c1cccnc1. The topological polar surface area (TPSA) is 127 Å². The highest BCUT2D eigenvalue weighted by molar-refractivity contribution is 7.89. The molecule has 1 aromatic heterocycles. The number of benzene rings is 1. The summed E-state index contributed by atoms with van der Waals surface area (Å²) in [7, 11) is -2.53. The average Bonchev–Trinajstić information content (AvgIpc) is 3.19. The first-order chi connectivity index (χ1) is 13.9. The first-order valence-corrected chi connectivity index (χ1v) is 10.1. The fourth-order valence-electron chi connectivity index (χ4n) is 2.47. The molecule has 1 aliphatic heterocycles. The number of aliphatic hydroxyl groups excluding tert-OH is 1. The Kier molecular flexibility index (Phi) is 6.52. The second kappa shape index (κ2) is 9.07. The quantitative estimate of drug-likeness (QED) is 0.576. The van der Waals surface area contributed by atoms with Crippen LogP contribution in [0.15, 0.2) is 47.6 Å². The number of ether oxygens (including phenoxy) is 3. The number of likely N-dealkylation sites (N-methyl/N-ethyl adjacent to an activating group) is 1. The zero-order chi connectivity index (χ0) is 20.9. The molecule has 3 rings (SSSR count). The molecule has 0 aliphatic carbocycles. The van der Waals surface area contributed by atoms with E-state index in [4.69, 9.17) is 14.2 Å². The maximum Gasteiger partial charge on any atom is 0.244 e. The lowest BCUT2D eigenvalue weighted by Gasteiger charge is -2.18. The monoisotopic (exact) mass is 423 g/mol. The number of nitrogens with zero attached hydrogens (tertiary/aromatic N) is 2. The van der Waals surface area contributed by atoms with Crippen molar-refractivity contribution < 1.29 is 32.5 Å². The van der Waals surface area contributed by atoms with Gasteiger partial charge in [0, 0.05) is 32.1 Å². The molecule has 0 spiro atoms. The highest BCUT2D eigenvalue weighted by Crippen LogP contribution is 2.35. The van der Waals surface area contributed by atoms with E-state index >= 15 is 0 Å². The van der Waals surface area contributed by atoms with Crippen LogP contribution in [0.3, 0.4) is 0 Å². The number of aliphatic hydroxyl groups is 1. The molecule has 1 amide bonds. The first kappa shape index (κ1) is 20.8. The van der Waals surface area contributed by atoms with Crippen molar-refractivity contribution >= 4 is 15.9 Å². The van der Waals surface area contributed by atoms with Gasteiger partial charge in [-0.1, -0.05) is 0 Å². The van der Waals surface area contributed by atoms with Gasteiger partial charge >= 0.3 is 0 Å². The molecule has 0 fully saturated rings. The van der Waals surface area contributed by atoms with E-state index in [1.807, 2.05) is 0 Å². The summed E-state index contributed by atoms with van der Waals surface area (Å²) < 4.78 is 41.6. The zero-order valence-corrected chi connectivity index (χ0v) is 16.5. The van der Waals surface area contributed by atoms with E-state index in [1.54, 1.807) is 18.2 Å². The first-order valence-electron chi connectivity index (χ1n) is 8.70. The minimum Gasteiger partial charge on any atom is -0.491 e. The van der Waals surface area contributed by atoms with Crippen molar-refractivity contribution in [3.05, 3.63) is 42.7 Å². The Morgan fingerprint density at radius 3 is 2.90 bits per heavy atom. The van der Waals surface area contributed by atoms with Gasteiger partial charge in [0.15, 0.2) is 11.5 Å². The molecule has 1 aromatic carbocycles. The number of sulfonamides is 1. The maximum atomic E-state index is 12.4. The Labute approximate surface area is 168 Å². The number of nitrogens with one attached hydrogen (secondary N) is 1. The van der Waals surface area contributed by atoms with Gasteiger partial charge in [-0.05, 0) is 24.3 Å². The van der Waals surface area contributed by atoms with Crippen molar-refractivity contribution in [2.75, 3.05) is 33.5 Å². The maximum absolute atomic E-state index is 12.4. The van der Waals surface area contributed by atoms with Gasteiger partial charge in [-0.15, -0.1) is 0 Å². The summed E-state index contributed by atoms with van der Waals surface area (Å²) in [5.41, 5.74) is 0. The molecule has 0 saturated carbocycles. The van der Waals surface area contributed by atoms with Crippen molar-refractivity contribution in [2.24, 2.45) is 0 Å². The third-order valence-corrected chi connectivity index (χ3v) is 5.82. The zero-order valence-electron chi connectivity index (χ0n) is 15.6. The molecule has 10 nitrogen and oxygen atoms in total. The molecule has 2 aromatic rings. The number of carbonyl (C=O) groups excluding carboxylic acids is 1. The Hall–Kier alpha value is -2.89. The van der Waals surface area contributed by atoms with Crippen molar-refractivity contribution in [1.82, 2.24) is 14.6 Å². The van der Waals surface area contributed by atoms with E-state index in [2.05, 4.69) is 10.3 Å². The van der Waals surface area contributed by atoms with Gasteiger partial charge in [-0.25, -0.2) is 8.42 Å². The smallest absolute Gasteiger partial charge is 0.244 e. The molecule has 2 heterocycles. The lowest BCUT2D eigenvalue weighted by molar-refractivity contribution is -0.121. The molecule has 0 radical (unpaired) electrons. The Morgan fingerprint density at radius 2 is 2.14 bits per heavy atom. The van der Waals surface area contributed by atoms with Crippen molar-refractivity contribution in [1.29, 1.82) is 0 Å². The van der Waals surface area contributed by atoms with Crippen LogP contribution in [0.1, 0.15) is 0 Å². The van der Waals surface area contributed by atoms with E-state index < -0.39 is 28.6 Å². The molecule has 1 aliphatic rings. The minimum atomic E-state index is -3.82. The van der Waals surface area contributed by atoms with Crippen LogP contribution in [0.4, 0.5) is 0 Å². The number of hydrogen-bond acceptors (Lipinski definition) is 8. The van der Waals surface area contributed by atoms with E-state index in [1.165, 1.54) is 31.6 Å². The lowest BCUT2D eigenvalue weighted by Crippen LogP contribution is -2.42. The fraction of sp³-hybridized carbons (Fsp3) is 0.333. The predicted octanol–water partition coefficient (Wildman–Crippen LogP) is -0.0131. The molecule has 1 unspecified atom stereocenters. The lowest BCUT2D eigenvalue weighted by atomic mass is 10.3. The van der Waals surface area contributed by atoms with E-state index in [9.17, 15) is 18.3 Å². The summed E-state index contributed by atoms with van der Waals surface area (Å²) in [4.78, 5) is 15.8. The number of amides is 1. The van der Waals surface area contributed by atoms with Gasteiger partial charge in [-0.3, -0.25) is 9.78 Å². The highest BCUT2D eigenvalue weighted by atomic mass is 32.2. The van der Waals surface area contributed by atoms with Crippen LogP contribution in [0.25, 0.3) is 0 Å². The summed E-state index contributed by atoms with van der Waals surface area (Å²) in [6.07, 6.45) is 1.68. The minimum absolute atomic E-state index is 0.00698. The third kappa shape index (κ3) is 5.34. The Morgan fingerprint density at radius 1 is 1.34 bits per heavy atom. The molecule has 156 valence electrons. The van der Waals surface area contributed by atoms with Gasteiger partial charge in [0.2, 0.25) is 22.7 Å². The third-order valence-electron chi connectivity index (χ3n) is 4.03. The van der Waals surface area contributed by atoms with Gasteiger partial charge < -0.3 is 24.6 Å². The molecule has 29 heavy (non-hydrogen) atoms. The average molecular weight is 423 g/mol. The summed E-state index contributed by atoms with van der Waals surface area (Å²) in [5, 5.41) is 12.5. The van der Waals surface area contributed by atoms with Crippen LogP contribution >= 0.6 is 0 Å². The largest absolute Gasteiger partial charge is 0.491 e. The number of pyridine rings is 1. The van der Waals surface area contributed by atoms with Crippen LogP contribution in [0.2, 0.25) is 0 Å². The normalized spacial score (nSPS) is 13.9. The second-order valence-electron chi connectivity index (χ2n) is 6.23. The number of rotatable bonds is 9. The van der Waals surface area contributed by atoms with Crippen LogP contribution in [-0.2, 0) is 14.8 Å². The number of carbonyl (C=O) groups is 1. The molecule has 0 bridgehead atoms. The molecule has 11 heteroatoms. The van der Waals surface area contributed by atoms with Gasteiger partial charge in [-0.2, -0.15) is 4.31 Å². The second-order valence-corrected chi connectivity index (χ2v) is 8.28. The van der Waals surface area contributed by atoms with Crippen LogP contribution in [0.5, 0.6) is 17.2 Å². The number of fused-ring (bicyclic) bond motifs is 1. The predicted molar refractivity (Wildman–Crippen MR) is 101 cm³/mol. The Bertz CT molecular complexity index is 953. The van der Waals surface area contributed by atoms with Crippen molar-refractivity contribution in [3.8, 4) is 17.2 Å². The van der Waals surface area contributed by atoms with Gasteiger partial charge in [0.25, 0.3) is 0 Å².